The smallest absolute Gasteiger partial charge is 0.193 e. The van der Waals surface area contributed by atoms with E-state index in [0.29, 0.717) is 38.1 Å². The van der Waals surface area contributed by atoms with E-state index in [1.54, 1.807) is 18.6 Å². The fourth-order valence-electron chi connectivity index (χ4n) is 2.18. The van der Waals surface area contributed by atoms with Crippen molar-refractivity contribution in [1.82, 2.24) is 9.97 Å². The second-order valence-electron chi connectivity index (χ2n) is 5.12. The highest BCUT2D eigenvalue weighted by atomic mass is 127. The highest BCUT2D eigenvalue weighted by Gasteiger charge is 2.10. The maximum absolute atomic E-state index is 5.90. The van der Waals surface area contributed by atoms with Gasteiger partial charge in [-0.25, -0.2) is 4.98 Å². The Morgan fingerprint density at radius 2 is 2.04 bits per heavy atom. The highest BCUT2D eigenvalue weighted by molar-refractivity contribution is 14.0. The predicted octanol–water partition coefficient (Wildman–Crippen LogP) is 2.09. The number of aromatic nitrogens is 2. The zero-order chi connectivity index (χ0) is 16.6. The minimum Gasteiger partial charge on any atom is -0.490 e. The first-order valence-electron chi connectivity index (χ1n) is 7.78. The molecule has 0 saturated carbocycles. The lowest BCUT2D eigenvalue weighted by Gasteiger charge is -2.10. The Kier molecular flexibility index (Phi) is 7.51. The number of nitrogens with zero attached hydrogens (tertiary/aromatic N) is 3. The lowest BCUT2D eigenvalue weighted by Crippen LogP contribution is -2.23. The number of nitrogens with one attached hydrogen (secondary N) is 2. The Labute approximate surface area is 163 Å². The van der Waals surface area contributed by atoms with E-state index in [9.17, 15) is 0 Å². The quantitative estimate of drug-likeness (QED) is 0.274. The van der Waals surface area contributed by atoms with E-state index in [-0.39, 0.29) is 24.0 Å². The lowest BCUT2D eigenvalue weighted by atomic mass is 10.3. The number of halogens is 1. The molecule has 0 bridgehead atoms. The van der Waals surface area contributed by atoms with Gasteiger partial charge >= 0.3 is 0 Å². The molecule has 1 aliphatic rings. The molecule has 25 heavy (non-hydrogen) atoms. The Morgan fingerprint density at radius 3 is 2.84 bits per heavy atom. The summed E-state index contributed by atoms with van der Waals surface area (Å²) in [5.74, 6) is 2.52. The number of hydrogen-bond acceptors (Lipinski definition) is 6. The number of fused-ring (bicyclic) bond motifs is 1. The second-order valence-corrected chi connectivity index (χ2v) is 5.12. The molecule has 2 aromatic rings. The summed E-state index contributed by atoms with van der Waals surface area (Å²) in [5.41, 5.74) is 6.71. The van der Waals surface area contributed by atoms with Crippen LogP contribution in [0, 0.1) is 0 Å². The standard InChI is InChI=1S/C16H20N6O2.HI/c17-16(21-7-6-20-15-11-18-4-5-19-15)22-12-2-3-13-14(10-12)24-9-1-8-23-13;/h2-5,10-11H,1,6-9H2,(H,19,20)(H3,17,21,22);1H. The van der Waals surface area contributed by atoms with E-state index in [0.717, 1.165) is 23.6 Å². The van der Waals surface area contributed by atoms with Crippen LogP contribution in [0.25, 0.3) is 0 Å². The van der Waals surface area contributed by atoms with Crippen LogP contribution in [0.1, 0.15) is 6.42 Å². The van der Waals surface area contributed by atoms with E-state index >= 15 is 0 Å². The highest BCUT2D eigenvalue weighted by Crippen LogP contribution is 2.32. The van der Waals surface area contributed by atoms with Gasteiger partial charge in [0.15, 0.2) is 17.5 Å². The third-order valence-corrected chi connectivity index (χ3v) is 3.28. The molecule has 0 radical (unpaired) electrons. The van der Waals surface area contributed by atoms with Gasteiger partial charge in [-0.3, -0.25) is 9.98 Å². The van der Waals surface area contributed by atoms with Crippen LogP contribution in [0.4, 0.5) is 11.5 Å². The van der Waals surface area contributed by atoms with Gasteiger partial charge in [0.05, 0.1) is 26.0 Å². The zero-order valence-corrected chi connectivity index (χ0v) is 16.0. The number of hydrogen-bond donors (Lipinski definition) is 3. The molecule has 0 spiro atoms. The van der Waals surface area contributed by atoms with Crippen molar-refractivity contribution >= 4 is 41.4 Å². The molecule has 134 valence electrons. The third-order valence-electron chi connectivity index (χ3n) is 3.28. The molecule has 1 aromatic carbocycles. The van der Waals surface area contributed by atoms with Crippen LogP contribution < -0.4 is 25.8 Å². The average molecular weight is 456 g/mol. The monoisotopic (exact) mass is 456 g/mol. The summed E-state index contributed by atoms with van der Waals surface area (Å²) in [4.78, 5) is 12.4. The molecule has 0 fully saturated rings. The minimum absolute atomic E-state index is 0. The summed E-state index contributed by atoms with van der Waals surface area (Å²) in [5, 5.41) is 6.16. The van der Waals surface area contributed by atoms with E-state index in [1.165, 1.54) is 0 Å². The number of ether oxygens (including phenoxy) is 2. The normalized spacial score (nSPS) is 13.4. The van der Waals surface area contributed by atoms with Gasteiger partial charge in [0.1, 0.15) is 5.82 Å². The van der Waals surface area contributed by atoms with Crippen molar-refractivity contribution in [1.29, 1.82) is 0 Å². The summed E-state index contributed by atoms with van der Waals surface area (Å²) >= 11 is 0. The largest absolute Gasteiger partial charge is 0.490 e. The Balaban J connectivity index is 0.00000225. The molecule has 0 aliphatic carbocycles. The van der Waals surface area contributed by atoms with E-state index in [4.69, 9.17) is 15.2 Å². The lowest BCUT2D eigenvalue weighted by molar-refractivity contribution is 0.297. The summed E-state index contributed by atoms with van der Waals surface area (Å²) in [7, 11) is 0. The molecule has 9 heteroatoms. The number of nitrogens with two attached hydrogens (primary N) is 1. The Hall–Kier alpha value is -2.30. The minimum atomic E-state index is 0. The van der Waals surface area contributed by atoms with Crippen molar-refractivity contribution < 1.29 is 9.47 Å². The Morgan fingerprint density at radius 1 is 1.20 bits per heavy atom. The van der Waals surface area contributed by atoms with Crippen molar-refractivity contribution in [3.05, 3.63) is 36.8 Å². The molecule has 1 aromatic heterocycles. The maximum Gasteiger partial charge on any atom is 0.193 e. The van der Waals surface area contributed by atoms with Crippen LogP contribution in [0.15, 0.2) is 41.8 Å². The number of guanidine groups is 1. The molecular formula is C16H21IN6O2. The van der Waals surface area contributed by atoms with Gasteiger partial charge in [0, 0.05) is 37.1 Å². The number of anilines is 2. The van der Waals surface area contributed by atoms with Crippen molar-refractivity contribution in [2.75, 3.05) is 36.9 Å². The molecule has 8 nitrogen and oxygen atoms in total. The van der Waals surface area contributed by atoms with Crippen molar-refractivity contribution in [3.8, 4) is 11.5 Å². The topological polar surface area (TPSA) is 107 Å². The molecule has 2 heterocycles. The molecule has 0 atom stereocenters. The van der Waals surface area contributed by atoms with Crippen LogP contribution in [-0.4, -0.2) is 42.2 Å². The van der Waals surface area contributed by atoms with E-state index < -0.39 is 0 Å². The van der Waals surface area contributed by atoms with Crippen molar-refractivity contribution in [2.24, 2.45) is 10.7 Å². The van der Waals surface area contributed by atoms with E-state index in [1.807, 2.05) is 18.2 Å². The van der Waals surface area contributed by atoms with Crippen LogP contribution in [-0.2, 0) is 0 Å². The number of benzene rings is 1. The fraction of sp³-hybridized carbons (Fsp3) is 0.312. The SMILES string of the molecule is I.NC(=NCCNc1cnccn1)Nc1ccc2c(c1)OCCCO2. The maximum atomic E-state index is 5.90. The molecule has 4 N–H and O–H groups in total. The van der Waals surface area contributed by atoms with Gasteiger partial charge in [0.2, 0.25) is 0 Å². The first-order chi connectivity index (χ1) is 11.8. The molecule has 0 amide bonds. The van der Waals surface area contributed by atoms with E-state index in [2.05, 4.69) is 25.6 Å². The van der Waals surface area contributed by atoms with Crippen LogP contribution in [0.2, 0.25) is 0 Å². The van der Waals surface area contributed by atoms with Crippen molar-refractivity contribution in [2.45, 2.75) is 6.42 Å². The third kappa shape index (κ3) is 5.93. The average Bonchev–Trinajstić information content (AvgIpc) is 2.84. The molecule has 1 aliphatic heterocycles. The van der Waals surface area contributed by atoms with Gasteiger partial charge in [-0.05, 0) is 12.1 Å². The number of rotatable bonds is 5. The number of aliphatic imine (C=N–C) groups is 1. The second kappa shape index (κ2) is 9.87. The molecule has 0 unspecified atom stereocenters. The molecule has 0 saturated heterocycles. The van der Waals surface area contributed by atoms with Crippen molar-refractivity contribution in [3.63, 3.8) is 0 Å². The summed E-state index contributed by atoms with van der Waals surface area (Å²) in [6, 6.07) is 5.61. The first-order valence-corrected chi connectivity index (χ1v) is 7.78. The van der Waals surface area contributed by atoms with Gasteiger partial charge in [0.25, 0.3) is 0 Å². The van der Waals surface area contributed by atoms with Gasteiger partial charge in [-0.15, -0.1) is 24.0 Å². The van der Waals surface area contributed by atoms with Crippen LogP contribution >= 0.6 is 24.0 Å². The predicted molar refractivity (Wildman–Crippen MR) is 108 cm³/mol. The summed E-state index contributed by atoms with van der Waals surface area (Å²) < 4.78 is 11.2. The van der Waals surface area contributed by atoms with Crippen LogP contribution in [0.5, 0.6) is 11.5 Å². The zero-order valence-electron chi connectivity index (χ0n) is 13.6. The van der Waals surface area contributed by atoms with Gasteiger partial charge in [-0.1, -0.05) is 0 Å². The Bertz CT molecular complexity index is 698. The van der Waals surface area contributed by atoms with Gasteiger partial charge in [-0.2, -0.15) is 0 Å². The fourth-order valence-corrected chi connectivity index (χ4v) is 2.18. The summed E-state index contributed by atoms with van der Waals surface area (Å²) in [6.45, 7) is 2.44. The van der Waals surface area contributed by atoms with Crippen LogP contribution in [0.3, 0.4) is 0 Å². The summed E-state index contributed by atoms with van der Waals surface area (Å²) in [6.07, 6.45) is 5.79. The molecule has 3 rings (SSSR count). The van der Waals surface area contributed by atoms with Gasteiger partial charge < -0.3 is 25.8 Å². The first kappa shape index (κ1) is 19.0. The molecular weight excluding hydrogens is 435 g/mol.